The molecule has 9 nitrogen and oxygen atoms in total. The highest BCUT2D eigenvalue weighted by atomic mass is 35.5. The van der Waals surface area contributed by atoms with E-state index >= 15 is 0 Å². The normalized spacial score (nSPS) is 10.5. The lowest BCUT2D eigenvalue weighted by atomic mass is 10.2. The van der Waals surface area contributed by atoms with E-state index in [0.717, 1.165) is 17.3 Å². The highest BCUT2D eigenvalue weighted by Crippen LogP contribution is 2.31. The van der Waals surface area contributed by atoms with Gasteiger partial charge in [-0.3, -0.25) is 14.6 Å². The summed E-state index contributed by atoms with van der Waals surface area (Å²) < 4.78 is 5.19. The third kappa shape index (κ3) is 5.97. The molecule has 1 amide bonds. The number of nitrogens with one attached hydrogen (secondary N) is 2. The van der Waals surface area contributed by atoms with Crippen molar-refractivity contribution in [3.63, 3.8) is 0 Å². The first kappa shape index (κ1) is 20.7. The third-order valence-electron chi connectivity index (χ3n) is 3.40. The van der Waals surface area contributed by atoms with E-state index in [1.54, 1.807) is 19.1 Å². The second-order valence-electron chi connectivity index (χ2n) is 5.42. The standard InChI is InChI=1S/C16H17ClN4O5S/c1-8-5-11(12(26-2)6-9(8)17)18-13(22)7-27-16-19-15(25)10(20-21-16)3-4-14(23)24/h5-6H,3-4,7H2,1-2H3,(H,18,22)(H,23,24)(H,19,21,25)/p-1. The zero-order valence-corrected chi connectivity index (χ0v) is 16.1. The zero-order chi connectivity index (χ0) is 20.0. The molecule has 0 spiro atoms. The number of H-pyrrole nitrogens is 1. The minimum absolute atomic E-state index is 0.00521. The van der Waals surface area contributed by atoms with Crippen molar-refractivity contribution in [3.8, 4) is 5.75 Å². The van der Waals surface area contributed by atoms with E-state index in [1.165, 1.54) is 7.11 Å². The topological polar surface area (TPSA) is 137 Å². The van der Waals surface area contributed by atoms with Crippen LogP contribution in [0.25, 0.3) is 0 Å². The second-order valence-corrected chi connectivity index (χ2v) is 6.79. The van der Waals surface area contributed by atoms with E-state index in [4.69, 9.17) is 16.3 Å². The maximum atomic E-state index is 12.1. The number of amides is 1. The Kier molecular flexibility index (Phi) is 7.19. The van der Waals surface area contributed by atoms with E-state index in [1.807, 2.05) is 0 Å². The molecule has 144 valence electrons. The Morgan fingerprint density at radius 1 is 1.37 bits per heavy atom. The smallest absolute Gasteiger partial charge is 0.273 e. The molecule has 0 unspecified atom stereocenters. The Morgan fingerprint density at radius 3 is 2.74 bits per heavy atom. The number of methoxy groups -OCH3 is 1. The number of thioether (sulfide) groups is 1. The summed E-state index contributed by atoms with van der Waals surface area (Å²) >= 11 is 7.01. The summed E-state index contributed by atoms with van der Waals surface area (Å²) in [6.07, 6.45) is -0.402. The maximum Gasteiger partial charge on any atom is 0.273 e. The van der Waals surface area contributed by atoms with Gasteiger partial charge >= 0.3 is 0 Å². The number of anilines is 1. The summed E-state index contributed by atoms with van der Waals surface area (Å²) in [4.78, 5) is 36.9. The first-order valence-electron chi connectivity index (χ1n) is 7.72. The minimum Gasteiger partial charge on any atom is -0.550 e. The number of aromatic amines is 1. The lowest BCUT2D eigenvalue weighted by Gasteiger charge is -2.12. The number of halogens is 1. The molecule has 2 aromatic rings. The Morgan fingerprint density at radius 2 is 2.11 bits per heavy atom. The van der Waals surface area contributed by atoms with Crippen molar-refractivity contribution in [2.24, 2.45) is 0 Å². The van der Waals surface area contributed by atoms with Crippen molar-refractivity contribution < 1.29 is 19.4 Å². The summed E-state index contributed by atoms with van der Waals surface area (Å²) in [5.41, 5.74) is 0.698. The number of aromatic nitrogens is 3. The summed E-state index contributed by atoms with van der Waals surface area (Å²) in [5, 5.41) is 21.3. The number of carbonyl (C=O) groups is 2. The van der Waals surface area contributed by atoms with Crippen LogP contribution in [0.4, 0.5) is 5.69 Å². The Balaban J connectivity index is 1.98. The van der Waals surface area contributed by atoms with Crippen LogP contribution in [0.15, 0.2) is 22.1 Å². The largest absolute Gasteiger partial charge is 0.550 e. The average molecular weight is 412 g/mol. The molecule has 0 aliphatic rings. The van der Waals surface area contributed by atoms with Crippen molar-refractivity contribution in [1.29, 1.82) is 0 Å². The van der Waals surface area contributed by atoms with Gasteiger partial charge in [0.15, 0.2) is 5.16 Å². The molecular formula is C16H16ClN4O5S-. The van der Waals surface area contributed by atoms with Gasteiger partial charge in [0.05, 0.1) is 18.6 Å². The van der Waals surface area contributed by atoms with Crippen LogP contribution in [-0.4, -0.2) is 39.9 Å². The average Bonchev–Trinajstić information content (AvgIpc) is 2.61. The minimum atomic E-state index is -1.28. The van der Waals surface area contributed by atoms with Gasteiger partial charge in [0.2, 0.25) is 5.91 Å². The van der Waals surface area contributed by atoms with E-state index in [9.17, 15) is 19.5 Å². The highest BCUT2D eigenvalue weighted by molar-refractivity contribution is 7.99. The summed E-state index contributed by atoms with van der Waals surface area (Å²) in [6, 6.07) is 3.30. The van der Waals surface area contributed by atoms with E-state index in [2.05, 4.69) is 20.5 Å². The van der Waals surface area contributed by atoms with Gasteiger partial charge in [-0.25, -0.2) is 0 Å². The van der Waals surface area contributed by atoms with Gasteiger partial charge in [0, 0.05) is 23.5 Å². The number of aliphatic carboxylic acids is 1. The van der Waals surface area contributed by atoms with Crippen molar-refractivity contribution in [1.82, 2.24) is 15.2 Å². The second kappa shape index (κ2) is 9.38. The number of hydrogen-bond acceptors (Lipinski definition) is 8. The van der Waals surface area contributed by atoms with Crippen molar-refractivity contribution in [2.45, 2.75) is 24.9 Å². The fraction of sp³-hybridized carbons (Fsp3) is 0.312. The molecule has 1 heterocycles. The van der Waals surface area contributed by atoms with Crippen LogP contribution >= 0.6 is 23.4 Å². The molecular weight excluding hydrogens is 396 g/mol. The third-order valence-corrected chi connectivity index (χ3v) is 4.68. The first-order valence-corrected chi connectivity index (χ1v) is 9.09. The van der Waals surface area contributed by atoms with Gasteiger partial charge in [0.25, 0.3) is 5.56 Å². The molecule has 0 fully saturated rings. The summed E-state index contributed by atoms with van der Waals surface area (Å²) in [6.45, 7) is 1.80. The SMILES string of the molecule is COc1cc(Cl)c(C)cc1NC(=O)CSc1nnc(CCC(=O)[O-])c(=O)[nH]1. The molecule has 0 radical (unpaired) electrons. The van der Waals surface area contributed by atoms with Gasteiger partial charge in [-0.2, -0.15) is 0 Å². The van der Waals surface area contributed by atoms with Gasteiger partial charge in [-0.15, -0.1) is 10.2 Å². The van der Waals surface area contributed by atoms with Crippen LogP contribution in [-0.2, 0) is 16.0 Å². The Bertz CT molecular complexity index is 918. The number of carboxylic acids is 1. The molecule has 0 aliphatic heterocycles. The molecule has 0 saturated carbocycles. The molecule has 0 atom stereocenters. The fourth-order valence-electron chi connectivity index (χ4n) is 2.04. The van der Waals surface area contributed by atoms with Crippen molar-refractivity contribution in [2.75, 3.05) is 18.2 Å². The zero-order valence-electron chi connectivity index (χ0n) is 14.5. The Hall–Kier alpha value is -2.59. The van der Waals surface area contributed by atoms with E-state index < -0.39 is 11.5 Å². The van der Waals surface area contributed by atoms with Gasteiger partial charge in [0.1, 0.15) is 11.4 Å². The first-order chi connectivity index (χ1) is 12.8. The van der Waals surface area contributed by atoms with Gasteiger partial charge in [-0.1, -0.05) is 23.4 Å². The number of ether oxygens (including phenoxy) is 1. The highest BCUT2D eigenvalue weighted by Gasteiger charge is 2.12. The molecule has 2 rings (SSSR count). The van der Waals surface area contributed by atoms with Gasteiger partial charge in [-0.05, 0) is 25.0 Å². The van der Waals surface area contributed by atoms with E-state index in [-0.39, 0.29) is 35.4 Å². The predicted molar refractivity (Wildman–Crippen MR) is 98.1 cm³/mol. The molecule has 0 aliphatic carbocycles. The van der Waals surface area contributed by atoms with Crippen molar-refractivity contribution >= 4 is 40.9 Å². The molecule has 2 N–H and O–H groups in total. The number of carbonyl (C=O) groups excluding carboxylic acids is 2. The fourth-order valence-corrected chi connectivity index (χ4v) is 2.80. The monoisotopic (exact) mass is 411 g/mol. The number of hydrogen-bond donors (Lipinski definition) is 2. The Labute approximate surface area is 163 Å². The molecule has 11 heteroatoms. The van der Waals surface area contributed by atoms with Crippen LogP contribution in [0.5, 0.6) is 5.75 Å². The number of aryl methyl sites for hydroxylation is 2. The predicted octanol–water partition coefficient (Wildman–Crippen LogP) is 0.549. The molecule has 27 heavy (non-hydrogen) atoms. The molecule has 0 bridgehead atoms. The molecule has 1 aromatic carbocycles. The summed E-state index contributed by atoms with van der Waals surface area (Å²) in [5.74, 6) is -1.23. The molecule has 1 aromatic heterocycles. The van der Waals surface area contributed by atoms with Crippen molar-refractivity contribution in [3.05, 3.63) is 38.8 Å². The van der Waals surface area contributed by atoms with Crippen LogP contribution in [0.1, 0.15) is 17.7 Å². The number of rotatable bonds is 8. The van der Waals surface area contributed by atoms with Crippen LogP contribution in [0.3, 0.4) is 0 Å². The van der Waals surface area contributed by atoms with Crippen LogP contribution in [0, 0.1) is 6.92 Å². The van der Waals surface area contributed by atoms with E-state index in [0.29, 0.717) is 16.5 Å². The summed E-state index contributed by atoms with van der Waals surface area (Å²) in [7, 11) is 1.47. The lowest BCUT2D eigenvalue weighted by Crippen LogP contribution is -2.25. The number of nitrogens with zero attached hydrogens (tertiary/aromatic N) is 2. The quantitative estimate of drug-likeness (QED) is 0.600. The maximum absolute atomic E-state index is 12.1. The van der Waals surface area contributed by atoms with Crippen LogP contribution < -0.4 is 20.7 Å². The number of carboxylic acid groups (broad SMARTS) is 1. The number of benzene rings is 1. The van der Waals surface area contributed by atoms with Crippen LogP contribution in [0.2, 0.25) is 5.02 Å². The van der Waals surface area contributed by atoms with Gasteiger partial charge < -0.3 is 20.0 Å². The molecule has 0 saturated heterocycles. The lowest BCUT2D eigenvalue weighted by molar-refractivity contribution is -0.305.